The molecule has 0 spiro atoms. The third-order valence-corrected chi connectivity index (χ3v) is 2.37. The van der Waals surface area contributed by atoms with E-state index in [1.54, 1.807) is 0 Å². The van der Waals surface area contributed by atoms with Gasteiger partial charge in [-0.05, 0) is 0 Å². The maximum Gasteiger partial charge on any atom is 0.220 e. The number of amides is 1. The first-order chi connectivity index (χ1) is 7.97. The van der Waals surface area contributed by atoms with Gasteiger partial charge < -0.3 is 21.1 Å². The van der Waals surface area contributed by atoms with Crippen molar-refractivity contribution < 1.29 is 24.5 Å². The number of halogens is 1. The highest BCUT2D eigenvalue weighted by Gasteiger charge is 2.24. The Morgan fingerprint density at radius 1 is 1.41 bits per heavy atom. The van der Waals surface area contributed by atoms with E-state index < -0.39 is 37.0 Å². The Balaban J connectivity index is 2.95. The van der Waals surface area contributed by atoms with Crippen molar-refractivity contribution in [3.05, 3.63) is 35.1 Å². The molecule has 0 aliphatic heterocycles. The third-order valence-electron chi connectivity index (χ3n) is 2.37. The smallest absolute Gasteiger partial charge is 0.220 e. The van der Waals surface area contributed by atoms with Crippen LogP contribution in [0.4, 0.5) is 4.39 Å². The van der Waals surface area contributed by atoms with Gasteiger partial charge in [0.05, 0.1) is 19.1 Å². The second-order valence-corrected chi connectivity index (χ2v) is 3.66. The Morgan fingerprint density at radius 3 is 2.59 bits per heavy atom. The van der Waals surface area contributed by atoms with Crippen molar-refractivity contribution in [1.82, 2.24) is 0 Å². The second kappa shape index (κ2) is 5.72. The van der Waals surface area contributed by atoms with E-state index in [1.165, 1.54) is 18.2 Å². The molecule has 0 radical (unpaired) electrons. The molecule has 0 aromatic heterocycles. The molecule has 1 amide bonds. The van der Waals surface area contributed by atoms with Gasteiger partial charge in [0.1, 0.15) is 11.9 Å². The molecule has 0 saturated heterocycles. The van der Waals surface area contributed by atoms with Gasteiger partial charge >= 0.3 is 0 Å². The van der Waals surface area contributed by atoms with Crippen LogP contribution in [-0.4, -0.2) is 27.3 Å². The van der Waals surface area contributed by atoms with Crippen molar-refractivity contribution >= 4 is 5.91 Å². The summed E-state index contributed by atoms with van der Waals surface area (Å²) in [6, 6.07) is 4.06. The zero-order valence-electron chi connectivity index (χ0n) is 9.01. The Morgan fingerprint density at radius 2 is 2.06 bits per heavy atom. The van der Waals surface area contributed by atoms with Crippen molar-refractivity contribution in [3.8, 4) is 0 Å². The summed E-state index contributed by atoms with van der Waals surface area (Å²) in [7, 11) is 0. The monoisotopic (exact) mass is 243 g/mol. The quantitative estimate of drug-likeness (QED) is 0.564. The number of carbonyl (C=O) groups is 1. The SMILES string of the molecule is NC(=O)CC(O)C(O)c1cccc(CO)c1F. The van der Waals surface area contributed by atoms with E-state index in [1.807, 2.05) is 0 Å². The number of hydrogen-bond donors (Lipinski definition) is 4. The van der Waals surface area contributed by atoms with Gasteiger partial charge in [0.25, 0.3) is 0 Å². The average molecular weight is 243 g/mol. The summed E-state index contributed by atoms with van der Waals surface area (Å²) in [5, 5.41) is 28.0. The molecule has 6 heteroatoms. The van der Waals surface area contributed by atoms with Gasteiger partial charge in [-0.2, -0.15) is 0 Å². The molecule has 94 valence electrons. The van der Waals surface area contributed by atoms with Crippen LogP contribution in [0.3, 0.4) is 0 Å². The Hall–Kier alpha value is -1.50. The number of rotatable bonds is 5. The van der Waals surface area contributed by atoms with E-state index in [0.717, 1.165) is 0 Å². The van der Waals surface area contributed by atoms with Crippen LogP contribution in [0.15, 0.2) is 18.2 Å². The zero-order valence-corrected chi connectivity index (χ0v) is 9.01. The predicted molar refractivity (Wildman–Crippen MR) is 57.1 cm³/mol. The van der Waals surface area contributed by atoms with Crippen molar-refractivity contribution in [2.75, 3.05) is 0 Å². The number of carbonyl (C=O) groups excluding carboxylic acids is 1. The van der Waals surface area contributed by atoms with Gasteiger partial charge in [-0.25, -0.2) is 4.39 Å². The van der Waals surface area contributed by atoms with Crippen LogP contribution in [0.1, 0.15) is 23.7 Å². The van der Waals surface area contributed by atoms with Gasteiger partial charge in [0.2, 0.25) is 5.91 Å². The van der Waals surface area contributed by atoms with Crippen molar-refractivity contribution in [1.29, 1.82) is 0 Å². The lowest BCUT2D eigenvalue weighted by Gasteiger charge is -2.18. The van der Waals surface area contributed by atoms with Crippen LogP contribution in [0, 0.1) is 5.82 Å². The highest BCUT2D eigenvalue weighted by atomic mass is 19.1. The van der Waals surface area contributed by atoms with E-state index >= 15 is 0 Å². The largest absolute Gasteiger partial charge is 0.392 e. The lowest BCUT2D eigenvalue weighted by molar-refractivity contribution is -0.121. The summed E-state index contributed by atoms with van der Waals surface area (Å²) >= 11 is 0. The number of aliphatic hydroxyl groups excluding tert-OH is 3. The molecule has 5 N–H and O–H groups in total. The summed E-state index contributed by atoms with van der Waals surface area (Å²) in [6.07, 6.45) is -3.51. The van der Waals surface area contributed by atoms with Crippen molar-refractivity contribution in [3.63, 3.8) is 0 Å². The fourth-order valence-electron chi connectivity index (χ4n) is 1.48. The topological polar surface area (TPSA) is 104 Å². The maximum atomic E-state index is 13.7. The molecule has 2 atom stereocenters. The minimum absolute atomic E-state index is 0.00725. The fraction of sp³-hybridized carbons (Fsp3) is 0.364. The minimum atomic E-state index is -1.56. The Labute approximate surface area is 97.3 Å². The maximum absolute atomic E-state index is 13.7. The number of aliphatic hydroxyl groups is 3. The molecule has 1 aromatic carbocycles. The van der Waals surface area contributed by atoms with E-state index in [0.29, 0.717) is 0 Å². The minimum Gasteiger partial charge on any atom is -0.392 e. The summed E-state index contributed by atoms with van der Waals surface area (Å²) in [6.45, 7) is -0.516. The Bertz CT molecular complexity index is 410. The van der Waals surface area contributed by atoms with Crippen LogP contribution in [0.5, 0.6) is 0 Å². The highest BCUT2D eigenvalue weighted by Crippen LogP contribution is 2.24. The Kier molecular flexibility index (Phi) is 4.56. The average Bonchev–Trinajstić information content (AvgIpc) is 2.27. The third kappa shape index (κ3) is 3.23. The molecule has 0 aliphatic rings. The second-order valence-electron chi connectivity index (χ2n) is 3.66. The number of benzene rings is 1. The molecule has 5 nitrogen and oxygen atoms in total. The van der Waals surface area contributed by atoms with Crippen LogP contribution >= 0.6 is 0 Å². The first-order valence-electron chi connectivity index (χ1n) is 5.00. The van der Waals surface area contributed by atoms with E-state index in [9.17, 15) is 19.4 Å². The number of hydrogen-bond acceptors (Lipinski definition) is 4. The lowest BCUT2D eigenvalue weighted by Crippen LogP contribution is -2.26. The molecule has 0 aliphatic carbocycles. The van der Waals surface area contributed by atoms with Gasteiger partial charge in [0, 0.05) is 11.1 Å². The van der Waals surface area contributed by atoms with Crippen LogP contribution in [-0.2, 0) is 11.4 Å². The molecular formula is C11H14FNO4. The lowest BCUT2D eigenvalue weighted by atomic mass is 9.99. The first kappa shape index (κ1) is 13.6. The molecule has 1 aromatic rings. The van der Waals surface area contributed by atoms with Crippen LogP contribution < -0.4 is 5.73 Å². The van der Waals surface area contributed by atoms with Crippen LogP contribution in [0.25, 0.3) is 0 Å². The van der Waals surface area contributed by atoms with Gasteiger partial charge in [-0.3, -0.25) is 4.79 Å². The molecule has 0 heterocycles. The standard InChI is InChI=1S/C11H14FNO4/c12-10-6(5-14)2-1-3-7(10)11(17)8(15)4-9(13)16/h1-3,8,11,14-15,17H,4-5H2,(H2,13,16). The fourth-order valence-corrected chi connectivity index (χ4v) is 1.48. The van der Waals surface area contributed by atoms with Gasteiger partial charge in [-0.15, -0.1) is 0 Å². The van der Waals surface area contributed by atoms with Crippen molar-refractivity contribution in [2.45, 2.75) is 25.2 Å². The van der Waals surface area contributed by atoms with E-state index in [2.05, 4.69) is 0 Å². The number of nitrogens with two attached hydrogens (primary N) is 1. The van der Waals surface area contributed by atoms with Gasteiger partial charge in [0.15, 0.2) is 0 Å². The first-order valence-corrected chi connectivity index (χ1v) is 5.00. The summed E-state index contributed by atoms with van der Waals surface area (Å²) < 4.78 is 13.7. The highest BCUT2D eigenvalue weighted by molar-refractivity contribution is 5.74. The number of primary amides is 1. The molecule has 1 rings (SSSR count). The van der Waals surface area contributed by atoms with Gasteiger partial charge in [-0.1, -0.05) is 18.2 Å². The molecule has 0 bridgehead atoms. The molecule has 0 saturated carbocycles. The molecule has 17 heavy (non-hydrogen) atoms. The normalized spacial score (nSPS) is 14.4. The van der Waals surface area contributed by atoms with Crippen LogP contribution in [0.2, 0.25) is 0 Å². The molecular weight excluding hydrogens is 229 g/mol. The molecule has 2 unspecified atom stereocenters. The van der Waals surface area contributed by atoms with Crippen molar-refractivity contribution in [2.24, 2.45) is 5.73 Å². The van der Waals surface area contributed by atoms with E-state index in [-0.39, 0.29) is 11.1 Å². The zero-order chi connectivity index (χ0) is 13.0. The summed E-state index contributed by atoms with van der Waals surface area (Å²) in [5.74, 6) is -1.60. The summed E-state index contributed by atoms with van der Waals surface area (Å²) in [5.41, 5.74) is 4.69. The predicted octanol–water partition coefficient (Wildman–Crippen LogP) is -0.412. The summed E-state index contributed by atoms with van der Waals surface area (Å²) in [4.78, 5) is 10.6. The molecule has 0 fully saturated rings. The van der Waals surface area contributed by atoms with E-state index in [4.69, 9.17) is 10.8 Å².